The molecule has 0 amide bonds. The smallest absolute Gasteiger partial charge is 0.219 e. The number of ether oxygens (including phenoxy) is 1. The van der Waals surface area contributed by atoms with E-state index in [9.17, 15) is 0 Å². The fourth-order valence-electron chi connectivity index (χ4n) is 1.30. The Labute approximate surface area is 116 Å². The molecule has 1 aromatic heterocycles. The summed E-state index contributed by atoms with van der Waals surface area (Å²) < 4.78 is 7.53. The van der Waals surface area contributed by atoms with Gasteiger partial charge in [-0.3, -0.25) is 0 Å². The number of benzene rings is 1. The first-order valence-corrected chi connectivity index (χ1v) is 6.56. The van der Waals surface area contributed by atoms with Gasteiger partial charge in [-0.1, -0.05) is 22.0 Å². The van der Waals surface area contributed by atoms with E-state index in [-0.39, 0.29) is 0 Å². The Hall–Kier alpha value is -0.910. The zero-order chi connectivity index (χ0) is 12.3. The molecule has 0 bridgehead atoms. The molecule has 0 saturated heterocycles. The molecule has 0 aliphatic rings. The van der Waals surface area contributed by atoms with Crippen molar-refractivity contribution in [2.45, 2.75) is 6.54 Å². The highest BCUT2D eigenvalue weighted by molar-refractivity contribution is 9.11. The van der Waals surface area contributed by atoms with E-state index < -0.39 is 0 Å². The summed E-state index contributed by atoms with van der Waals surface area (Å²) in [5.41, 5.74) is 6.33. The summed E-state index contributed by atoms with van der Waals surface area (Å²) >= 11 is 6.82. The molecular weight excluding hydrogens is 348 g/mol. The van der Waals surface area contributed by atoms with Gasteiger partial charge < -0.3 is 10.5 Å². The molecule has 1 heterocycles. The number of nitrogens with two attached hydrogens (primary N) is 1. The summed E-state index contributed by atoms with van der Waals surface area (Å²) in [6, 6.07) is 11.2. The molecule has 0 unspecified atom stereocenters. The summed E-state index contributed by atoms with van der Waals surface area (Å²) in [6.07, 6.45) is 0. The second-order valence-electron chi connectivity index (χ2n) is 3.35. The van der Waals surface area contributed by atoms with E-state index in [1.54, 1.807) is 6.07 Å². The number of hydrogen-bond acceptors (Lipinski definition) is 3. The minimum Gasteiger partial charge on any atom is -0.438 e. The molecule has 3 nitrogen and oxygen atoms in total. The maximum absolute atomic E-state index is 5.67. The molecular formula is C12H10Br2N2O. The van der Waals surface area contributed by atoms with E-state index in [2.05, 4.69) is 36.8 Å². The van der Waals surface area contributed by atoms with Crippen LogP contribution in [0.15, 0.2) is 45.3 Å². The Morgan fingerprint density at radius 2 is 2.00 bits per heavy atom. The number of rotatable bonds is 3. The fraction of sp³-hybridized carbons (Fsp3) is 0.0833. The number of pyridine rings is 1. The SMILES string of the molecule is NCc1cccc(Oc2ccc(Br)cc2Br)n1. The minimum atomic E-state index is 0.401. The number of nitrogens with zero attached hydrogens (tertiary/aromatic N) is 1. The predicted octanol–water partition coefficient (Wildman–Crippen LogP) is 3.86. The lowest BCUT2D eigenvalue weighted by atomic mass is 10.3. The molecule has 0 aliphatic carbocycles. The van der Waals surface area contributed by atoms with Crippen LogP contribution in [0.4, 0.5) is 0 Å². The predicted molar refractivity (Wildman–Crippen MR) is 74.0 cm³/mol. The summed E-state index contributed by atoms with van der Waals surface area (Å²) in [5.74, 6) is 1.26. The maximum atomic E-state index is 5.67. The van der Waals surface area contributed by atoms with Gasteiger partial charge in [-0.05, 0) is 40.2 Å². The standard InChI is InChI=1S/C12H10Br2N2O/c13-8-4-5-11(10(14)6-8)17-12-3-1-2-9(7-15)16-12/h1-6H,7,15H2. The molecule has 2 rings (SSSR count). The summed E-state index contributed by atoms with van der Waals surface area (Å²) in [6.45, 7) is 0.401. The Morgan fingerprint density at radius 3 is 2.71 bits per heavy atom. The highest BCUT2D eigenvalue weighted by Gasteiger charge is 2.04. The first kappa shape index (κ1) is 12.5. The fourth-order valence-corrected chi connectivity index (χ4v) is 2.43. The topological polar surface area (TPSA) is 48.1 Å². The molecule has 2 N–H and O–H groups in total. The Balaban J connectivity index is 2.25. The van der Waals surface area contributed by atoms with Crippen molar-refractivity contribution in [3.05, 3.63) is 51.0 Å². The van der Waals surface area contributed by atoms with Crippen molar-refractivity contribution in [2.24, 2.45) is 5.73 Å². The minimum absolute atomic E-state index is 0.401. The first-order valence-electron chi connectivity index (χ1n) is 4.98. The second-order valence-corrected chi connectivity index (χ2v) is 5.12. The molecule has 5 heteroatoms. The van der Waals surface area contributed by atoms with Crippen molar-refractivity contribution in [1.82, 2.24) is 4.98 Å². The Kier molecular flexibility index (Phi) is 4.15. The van der Waals surface area contributed by atoms with Crippen LogP contribution >= 0.6 is 31.9 Å². The molecule has 0 atom stereocenters. The van der Waals surface area contributed by atoms with Gasteiger partial charge in [0.05, 0.1) is 10.2 Å². The van der Waals surface area contributed by atoms with Crippen LogP contribution in [-0.4, -0.2) is 4.98 Å². The zero-order valence-electron chi connectivity index (χ0n) is 8.86. The molecule has 0 radical (unpaired) electrons. The third-order valence-corrected chi connectivity index (χ3v) is 3.21. The Morgan fingerprint density at radius 1 is 1.18 bits per heavy atom. The second kappa shape index (κ2) is 5.62. The Bertz CT molecular complexity index is 532. The van der Waals surface area contributed by atoms with Crippen LogP contribution in [0.5, 0.6) is 11.6 Å². The van der Waals surface area contributed by atoms with Gasteiger partial charge in [0.2, 0.25) is 5.88 Å². The van der Waals surface area contributed by atoms with Crippen LogP contribution in [0, 0.1) is 0 Å². The lowest BCUT2D eigenvalue weighted by Crippen LogP contribution is -2.00. The normalized spacial score (nSPS) is 10.3. The number of halogens is 2. The highest BCUT2D eigenvalue weighted by Crippen LogP contribution is 2.31. The van der Waals surface area contributed by atoms with Gasteiger partial charge in [-0.15, -0.1) is 0 Å². The van der Waals surface area contributed by atoms with E-state index in [1.807, 2.05) is 30.3 Å². The molecule has 0 aliphatic heterocycles. The van der Waals surface area contributed by atoms with Crippen molar-refractivity contribution < 1.29 is 4.74 Å². The van der Waals surface area contributed by atoms with Crippen LogP contribution in [0.2, 0.25) is 0 Å². The number of hydrogen-bond donors (Lipinski definition) is 1. The van der Waals surface area contributed by atoms with E-state index in [0.717, 1.165) is 20.4 Å². The summed E-state index contributed by atoms with van der Waals surface area (Å²) in [4.78, 5) is 4.27. The molecule has 17 heavy (non-hydrogen) atoms. The van der Waals surface area contributed by atoms with Crippen molar-refractivity contribution in [3.63, 3.8) is 0 Å². The summed E-state index contributed by atoms with van der Waals surface area (Å²) in [5, 5.41) is 0. The quantitative estimate of drug-likeness (QED) is 0.907. The van der Waals surface area contributed by atoms with Crippen LogP contribution < -0.4 is 10.5 Å². The van der Waals surface area contributed by atoms with Crippen molar-refractivity contribution in [2.75, 3.05) is 0 Å². The lowest BCUT2D eigenvalue weighted by Gasteiger charge is -2.07. The number of aromatic nitrogens is 1. The molecule has 1 aromatic carbocycles. The molecule has 0 fully saturated rings. The largest absolute Gasteiger partial charge is 0.438 e. The molecule has 88 valence electrons. The monoisotopic (exact) mass is 356 g/mol. The van der Waals surface area contributed by atoms with Gasteiger partial charge in [-0.25, -0.2) is 4.98 Å². The van der Waals surface area contributed by atoms with Crippen molar-refractivity contribution in [1.29, 1.82) is 0 Å². The van der Waals surface area contributed by atoms with E-state index in [0.29, 0.717) is 12.4 Å². The van der Waals surface area contributed by atoms with Gasteiger partial charge in [0.15, 0.2) is 0 Å². The first-order chi connectivity index (χ1) is 8.19. The van der Waals surface area contributed by atoms with Gasteiger partial charge in [0.25, 0.3) is 0 Å². The van der Waals surface area contributed by atoms with Crippen LogP contribution in [-0.2, 0) is 6.54 Å². The zero-order valence-corrected chi connectivity index (χ0v) is 12.0. The molecule has 0 saturated carbocycles. The average Bonchev–Trinajstić information content (AvgIpc) is 2.33. The molecule has 0 spiro atoms. The van der Waals surface area contributed by atoms with Crippen LogP contribution in [0.1, 0.15) is 5.69 Å². The third kappa shape index (κ3) is 3.28. The van der Waals surface area contributed by atoms with Gasteiger partial charge in [-0.2, -0.15) is 0 Å². The van der Waals surface area contributed by atoms with E-state index in [4.69, 9.17) is 10.5 Å². The summed E-state index contributed by atoms with van der Waals surface area (Å²) in [7, 11) is 0. The average molecular weight is 358 g/mol. The third-order valence-electron chi connectivity index (χ3n) is 2.10. The van der Waals surface area contributed by atoms with Gasteiger partial charge in [0.1, 0.15) is 5.75 Å². The maximum Gasteiger partial charge on any atom is 0.219 e. The van der Waals surface area contributed by atoms with Gasteiger partial charge >= 0.3 is 0 Å². The van der Waals surface area contributed by atoms with Crippen molar-refractivity contribution >= 4 is 31.9 Å². The molecule has 2 aromatic rings. The van der Waals surface area contributed by atoms with E-state index in [1.165, 1.54) is 0 Å². The van der Waals surface area contributed by atoms with Crippen LogP contribution in [0.3, 0.4) is 0 Å². The lowest BCUT2D eigenvalue weighted by molar-refractivity contribution is 0.458. The van der Waals surface area contributed by atoms with Gasteiger partial charge in [0, 0.05) is 17.1 Å². The van der Waals surface area contributed by atoms with Crippen molar-refractivity contribution in [3.8, 4) is 11.6 Å². The highest BCUT2D eigenvalue weighted by atomic mass is 79.9. The van der Waals surface area contributed by atoms with Crippen LogP contribution in [0.25, 0.3) is 0 Å². The van der Waals surface area contributed by atoms with E-state index >= 15 is 0 Å².